The number of nitrogens with zero attached hydrogens (tertiary/aromatic N) is 4. The van der Waals surface area contributed by atoms with Crippen LogP contribution in [-0.4, -0.2) is 32.8 Å². The predicted octanol–water partition coefficient (Wildman–Crippen LogP) is 3.04. The van der Waals surface area contributed by atoms with Crippen LogP contribution in [-0.2, 0) is 7.05 Å². The fourth-order valence-corrected chi connectivity index (χ4v) is 4.78. The molecule has 1 aromatic carbocycles. The summed E-state index contributed by atoms with van der Waals surface area (Å²) in [5.41, 5.74) is 1.05. The maximum atomic E-state index is 4.66. The van der Waals surface area contributed by atoms with Gasteiger partial charge in [-0.2, -0.15) is 0 Å². The molecule has 1 N–H and O–H groups in total. The average molecular weight is 331 g/mol. The molecular formula is C15H17N5S2. The van der Waals surface area contributed by atoms with Crippen molar-refractivity contribution in [3.05, 3.63) is 30.1 Å². The van der Waals surface area contributed by atoms with Crippen molar-refractivity contribution in [2.24, 2.45) is 7.05 Å². The first-order valence-corrected chi connectivity index (χ1v) is 9.08. The van der Waals surface area contributed by atoms with E-state index in [1.807, 2.05) is 18.2 Å². The minimum atomic E-state index is 0.468. The number of hydrogen-bond acceptors (Lipinski definition) is 6. The molecule has 0 radical (unpaired) electrons. The molecule has 0 aliphatic carbocycles. The van der Waals surface area contributed by atoms with Gasteiger partial charge in [0.15, 0.2) is 9.50 Å². The summed E-state index contributed by atoms with van der Waals surface area (Å²) in [5.74, 6) is 1.55. The van der Waals surface area contributed by atoms with E-state index in [-0.39, 0.29) is 0 Å². The van der Waals surface area contributed by atoms with Crippen LogP contribution in [0.4, 0.5) is 0 Å². The van der Waals surface area contributed by atoms with Gasteiger partial charge in [0.1, 0.15) is 5.82 Å². The standard InChI is InChI=1S/C15H17N5S2/c1-20-13(10-5-4-8-16-9-10)18-19-14(20)22-15-17-11-6-2-3-7-12(11)21-15/h2-3,6-7,10,16H,4-5,8-9H2,1H3. The summed E-state index contributed by atoms with van der Waals surface area (Å²) in [6, 6.07) is 8.22. The molecule has 3 aromatic rings. The Bertz CT molecular complexity index is 755. The highest BCUT2D eigenvalue weighted by Crippen LogP contribution is 2.34. The van der Waals surface area contributed by atoms with E-state index in [4.69, 9.17) is 0 Å². The first kappa shape index (κ1) is 14.2. The van der Waals surface area contributed by atoms with Crippen molar-refractivity contribution in [2.45, 2.75) is 28.3 Å². The highest BCUT2D eigenvalue weighted by molar-refractivity contribution is 8.01. The largest absolute Gasteiger partial charge is 0.316 e. The number of aromatic nitrogens is 4. The maximum Gasteiger partial charge on any atom is 0.198 e. The predicted molar refractivity (Wildman–Crippen MR) is 89.6 cm³/mol. The number of hydrogen-bond donors (Lipinski definition) is 1. The first-order valence-electron chi connectivity index (χ1n) is 7.44. The van der Waals surface area contributed by atoms with Crippen LogP contribution in [0, 0.1) is 0 Å². The van der Waals surface area contributed by atoms with Crippen LogP contribution in [0.25, 0.3) is 10.2 Å². The summed E-state index contributed by atoms with van der Waals surface area (Å²) in [5, 5.41) is 13.1. The number of fused-ring (bicyclic) bond motifs is 1. The average Bonchev–Trinajstić information content (AvgIpc) is 3.12. The highest BCUT2D eigenvalue weighted by atomic mass is 32.2. The van der Waals surface area contributed by atoms with Crippen molar-refractivity contribution in [1.82, 2.24) is 25.1 Å². The van der Waals surface area contributed by atoms with Gasteiger partial charge in [-0.15, -0.1) is 21.5 Å². The van der Waals surface area contributed by atoms with Gasteiger partial charge in [0.2, 0.25) is 0 Å². The Hall–Kier alpha value is -1.44. The zero-order chi connectivity index (χ0) is 14.9. The molecule has 0 saturated carbocycles. The third-order valence-corrected chi connectivity index (χ3v) is 6.12. The molecule has 0 spiro atoms. The molecule has 22 heavy (non-hydrogen) atoms. The summed E-state index contributed by atoms with van der Waals surface area (Å²) in [6.45, 7) is 2.11. The zero-order valence-corrected chi connectivity index (χ0v) is 14.0. The van der Waals surface area contributed by atoms with E-state index < -0.39 is 0 Å². The van der Waals surface area contributed by atoms with Gasteiger partial charge in [0, 0.05) is 19.5 Å². The van der Waals surface area contributed by atoms with Crippen molar-refractivity contribution in [3.8, 4) is 0 Å². The smallest absolute Gasteiger partial charge is 0.198 e. The Morgan fingerprint density at radius 1 is 1.32 bits per heavy atom. The summed E-state index contributed by atoms with van der Waals surface area (Å²) < 4.78 is 4.35. The Labute approximate surface area is 137 Å². The lowest BCUT2D eigenvalue weighted by molar-refractivity contribution is 0.436. The normalized spacial score (nSPS) is 18.9. The van der Waals surface area contributed by atoms with Crippen molar-refractivity contribution in [1.29, 1.82) is 0 Å². The van der Waals surface area contributed by atoms with Crippen molar-refractivity contribution in [2.75, 3.05) is 13.1 Å². The lowest BCUT2D eigenvalue weighted by Crippen LogP contribution is -2.29. The Morgan fingerprint density at radius 3 is 3.05 bits per heavy atom. The van der Waals surface area contributed by atoms with E-state index in [1.165, 1.54) is 17.5 Å². The van der Waals surface area contributed by atoms with Gasteiger partial charge in [0.05, 0.1) is 10.2 Å². The van der Waals surface area contributed by atoms with Gasteiger partial charge in [-0.05, 0) is 43.3 Å². The lowest BCUT2D eigenvalue weighted by atomic mass is 9.99. The number of para-hydroxylation sites is 1. The molecule has 1 saturated heterocycles. The third kappa shape index (κ3) is 2.64. The fourth-order valence-electron chi connectivity index (χ4n) is 2.82. The number of thiazole rings is 1. The van der Waals surface area contributed by atoms with Crippen LogP contribution < -0.4 is 5.32 Å². The van der Waals surface area contributed by atoms with E-state index in [9.17, 15) is 0 Å². The van der Waals surface area contributed by atoms with Crippen LogP contribution in [0.15, 0.2) is 33.8 Å². The summed E-state index contributed by atoms with van der Waals surface area (Å²) in [6.07, 6.45) is 2.39. The van der Waals surface area contributed by atoms with Crippen LogP contribution >= 0.6 is 23.1 Å². The number of rotatable bonds is 3. The molecule has 1 unspecified atom stereocenters. The number of benzene rings is 1. The van der Waals surface area contributed by atoms with E-state index in [0.717, 1.165) is 33.9 Å². The van der Waals surface area contributed by atoms with Gasteiger partial charge in [-0.25, -0.2) is 4.98 Å². The minimum absolute atomic E-state index is 0.468. The van der Waals surface area contributed by atoms with Gasteiger partial charge in [-0.3, -0.25) is 0 Å². The molecule has 1 aliphatic rings. The van der Waals surface area contributed by atoms with Crippen molar-refractivity contribution in [3.63, 3.8) is 0 Å². The van der Waals surface area contributed by atoms with Crippen LogP contribution in [0.3, 0.4) is 0 Å². The molecule has 4 rings (SSSR count). The quantitative estimate of drug-likeness (QED) is 0.799. The molecule has 0 bridgehead atoms. The molecule has 0 amide bonds. The van der Waals surface area contributed by atoms with Crippen molar-refractivity contribution < 1.29 is 0 Å². The molecular weight excluding hydrogens is 314 g/mol. The Kier molecular flexibility index (Phi) is 3.85. The van der Waals surface area contributed by atoms with Crippen LogP contribution in [0.2, 0.25) is 0 Å². The maximum absolute atomic E-state index is 4.66. The van der Waals surface area contributed by atoms with Gasteiger partial charge in [-0.1, -0.05) is 12.1 Å². The second kappa shape index (κ2) is 5.98. The van der Waals surface area contributed by atoms with Gasteiger partial charge < -0.3 is 9.88 Å². The topological polar surface area (TPSA) is 55.6 Å². The minimum Gasteiger partial charge on any atom is -0.316 e. The fraction of sp³-hybridized carbons (Fsp3) is 0.400. The van der Waals surface area contributed by atoms with Crippen molar-refractivity contribution >= 4 is 33.3 Å². The molecule has 114 valence electrons. The summed E-state index contributed by atoms with van der Waals surface area (Å²) in [7, 11) is 2.06. The second-order valence-corrected chi connectivity index (χ2v) is 7.74. The number of nitrogens with one attached hydrogen (secondary N) is 1. The number of piperidine rings is 1. The molecule has 2 aromatic heterocycles. The molecule has 1 atom stereocenters. The monoisotopic (exact) mass is 331 g/mol. The zero-order valence-electron chi connectivity index (χ0n) is 12.3. The van der Waals surface area contributed by atoms with Gasteiger partial charge >= 0.3 is 0 Å². The Morgan fingerprint density at radius 2 is 2.23 bits per heavy atom. The summed E-state index contributed by atoms with van der Waals surface area (Å²) >= 11 is 3.31. The molecule has 1 fully saturated rings. The summed E-state index contributed by atoms with van der Waals surface area (Å²) in [4.78, 5) is 4.66. The molecule has 1 aliphatic heterocycles. The molecule has 3 heterocycles. The van der Waals surface area contributed by atoms with Gasteiger partial charge in [0.25, 0.3) is 0 Å². The molecule has 7 heteroatoms. The lowest BCUT2D eigenvalue weighted by Gasteiger charge is -2.21. The van der Waals surface area contributed by atoms with Crippen LogP contribution in [0.5, 0.6) is 0 Å². The first-order chi connectivity index (χ1) is 10.8. The third-order valence-electron chi connectivity index (χ3n) is 3.98. The van der Waals surface area contributed by atoms with E-state index >= 15 is 0 Å². The SMILES string of the molecule is Cn1c(Sc2nc3ccccc3s2)nnc1C1CCCNC1. The van der Waals surface area contributed by atoms with E-state index in [0.29, 0.717) is 5.92 Å². The highest BCUT2D eigenvalue weighted by Gasteiger charge is 2.22. The van der Waals surface area contributed by atoms with E-state index in [1.54, 1.807) is 23.1 Å². The van der Waals surface area contributed by atoms with E-state index in [2.05, 4.69) is 38.2 Å². The van der Waals surface area contributed by atoms with Crippen LogP contribution in [0.1, 0.15) is 24.6 Å². The molecule has 5 nitrogen and oxygen atoms in total. The second-order valence-electron chi connectivity index (χ2n) is 5.49. The Balaban J connectivity index is 1.59.